The molecule has 0 aromatic heterocycles. The van der Waals surface area contributed by atoms with E-state index in [9.17, 15) is 14.0 Å². The number of rotatable bonds is 6. The summed E-state index contributed by atoms with van der Waals surface area (Å²) in [7, 11) is 0. The van der Waals surface area contributed by atoms with Crippen molar-refractivity contribution in [3.8, 4) is 0 Å². The standard InChI is InChI=1S/C21H32FN5O2/c1-17(2)23-20(28)15-24-9-13-27(14-10-24)21(29)16-25-7-11-26(12-8-25)19-5-3-18(22)4-6-19/h3-6,17H,7-16H2,1-2H3,(H,23,28). The Morgan fingerprint density at radius 3 is 2.03 bits per heavy atom. The van der Waals surface area contributed by atoms with Gasteiger partial charge in [-0.05, 0) is 38.1 Å². The maximum Gasteiger partial charge on any atom is 0.236 e. The van der Waals surface area contributed by atoms with Crippen molar-refractivity contribution in [1.29, 1.82) is 0 Å². The van der Waals surface area contributed by atoms with E-state index in [-0.39, 0.29) is 23.7 Å². The Balaban J connectivity index is 1.37. The molecule has 2 amide bonds. The molecule has 29 heavy (non-hydrogen) atoms. The largest absolute Gasteiger partial charge is 0.369 e. The lowest BCUT2D eigenvalue weighted by Gasteiger charge is -2.38. The van der Waals surface area contributed by atoms with Gasteiger partial charge in [0.1, 0.15) is 5.82 Å². The quantitative estimate of drug-likeness (QED) is 0.752. The molecule has 0 aliphatic carbocycles. The number of amides is 2. The SMILES string of the molecule is CC(C)NC(=O)CN1CCN(C(=O)CN2CCN(c3ccc(F)cc3)CC2)CC1. The smallest absolute Gasteiger partial charge is 0.236 e. The van der Waals surface area contributed by atoms with Gasteiger partial charge >= 0.3 is 0 Å². The number of carbonyl (C=O) groups excluding carboxylic acids is 2. The molecule has 2 fully saturated rings. The second-order valence-electron chi connectivity index (χ2n) is 8.12. The molecule has 0 unspecified atom stereocenters. The minimum absolute atomic E-state index is 0.0406. The third-order valence-corrected chi connectivity index (χ3v) is 5.46. The van der Waals surface area contributed by atoms with Gasteiger partial charge in [0.25, 0.3) is 0 Å². The highest BCUT2D eigenvalue weighted by molar-refractivity contribution is 5.79. The molecule has 2 aliphatic rings. The lowest BCUT2D eigenvalue weighted by Crippen LogP contribution is -2.55. The number of piperazine rings is 2. The number of nitrogens with zero attached hydrogens (tertiary/aromatic N) is 4. The molecule has 2 saturated heterocycles. The van der Waals surface area contributed by atoms with E-state index < -0.39 is 0 Å². The third kappa shape index (κ3) is 6.40. The zero-order valence-electron chi connectivity index (χ0n) is 17.4. The van der Waals surface area contributed by atoms with Gasteiger partial charge in [0.15, 0.2) is 0 Å². The normalized spacial score (nSPS) is 18.9. The minimum Gasteiger partial charge on any atom is -0.369 e. The highest BCUT2D eigenvalue weighted by Gasteiger charge is 2.25. The van der Waals surface area contributed by atoms with Crippen molar-refractivity contribution in [2.75, 3.05) is 70.3 Å². The summed E-state index contributed by atoms with van der Waals surface area (Å²) in [6.45, 7) is 10.8. The molecule has 0 bridgehead atoms. The van der Waals surface area contributed by atoms with Crippen molar-refractivity contribution in [3.05, 3.63) is 30.1 Å². The first-order valence-electron chi connectivity index (χ1n) is 10.4. The van der Waals surface area contributed by atoms with E-state index in [2.05, 4.69) is 20.0 Å². The van der Waals surface area contributed by atoms with Crippen LogP contribution in [0.1, 0.15) is 13.8 Å². The maximum absolute atomic E-state index is 13.1. The van der Waals surface area contributed by atoms with Crippen LogP contribution in [0, 0.1) is 5.82 Å². The van der Waals surface area contributed by atoms with Crippen LogP contribution in [0.5, 0.6) is 0 Å². The van der Waals surface area contributed by atoms with E-state index in [1.54, 1.807) is 12.1 Å². The number of benzene rings is 1. The zero-order chi connectivity index (χ0) is 20.8. The number of carbonyl (C=O) groups is 2. The van der Waals surface area contributed by atoms with Crippen LogP contribution in [0.15, 0.2) is 24.3 Å². The fourth-order valence-electron chi connectivity index (χ4n) is 3.83. The van der Waals surface area contributed by atoms with Crippen molar-refractivity contribution >= 4 is 17.5 Å². The Morgan fingerprint density at radius 2 is 1.45 bits per heavy atom. The lowest BCUT2D eigenvalue weighted by molar-refractivity contribution is -0.134. The number of hydrogen-bond donors (Lipinski definition) is 1. The first-order chi connectivity index (χ1) is 13.9. The van der Waals surface area contributed by atoms with Crippen molar-refractivity contribution < 1.29 is 14.0 Å². The molecule has 2 aliphatic heterocycles. The van der Waals surface area contributed by atoms with Gasteiger partial charge in [0.2, 0.25) is 11.8 Å². The monoisotopic (exact) mass is 405 g/mol. The number of nitrogens with one attached hydrogen (secondary N) is 1. The molecule has 1 N–H and O–H groups in total. The van der Waals surface area contributed by atoms with E-state index in [0.29, 0.717) is 26.2 Å². The molecule has 2 heterocycles. The molecule has 160 valence electrons. The molecule has 1 aromatic rings. The van der Waals surface area contributed by atoms with Crippen molar-refractivity contribution in [3.63, 3.8) is 0 Å². The first-order valence-corrected chi connectivity index (χ1v) is 10.4. The molecule has 0 atom stereocenters. The average molecular weight is 406 g/mol. The Kier molecular flexibility index (Phi) is 7.44. The Morgan fingerprint density at radius 1 is 0.897 bits per heavy atom. The molecular weight excluding hydrogens is 373 g/mol. The van der Waals surface area contributed by atoms with Crippen LogP contribution in [0.25, 0.3) is 0 Å². The van der Waals surface area contributed by atoms with Crippen LogP contribution in [-0.2, 0) is 9.59 Å². The fourth-order valence-corrected chi connectivity index (χ4v) is 3.83. The topological polar surface area (TPSA) is 59.1 Å². The van der Waals surface area contributed by atoms with E-state index >= 15 is 0 Å². The van der Waals surface area contributed by atoms with Crippen LogP contribution in [0.2, 0.25) is 0 Å². The van der Waals surface area contributed by atoms with Gasteiger partial charge in [-0.1, -0.05) is 0 Å². The van der Waals surface area contributed by atoms with Crippen LogP contribution < -0.4 is 10.2 Å². The molecule has 0 radical (unpaired) electrons. The van der Waals surface area contributed by atoms with Crippen molar-refractivity contribution in [1.82, 2.24) is 20.0 Å². The Bertz CT molecular complexity index is 681. The predicted molar refractivity (Wildman–Crippen MR) is 111 cm³/mol. The van der Waals surface area contributed by atoms with Crippen LogP contribution in [0.3, 0.4) is 0 Å². The summed E-state index contributed by atoms with van der Waals surface area (Å²) in [5.41, 5.74) is 1.02. The van der Waals surface area contributed by atoms with Gasteiger partial charge in [-0.3, -0.25) is 19.4 Å². The van der Waals surface area contributed by atoms with E-state index in [1.807, 2.05) is 18.7 Å². The molecule has 3 rings (SSSR count). The van der Waals surface area contributed by atoms with Gasteiger partial charge in [0, 0.05) is 64.1 Å². The second-order valence-corrected chi connectivity index (χ2v) is 8.12. The summed E-state index contributed by atoms with van der Waals surface area (Å²) in [5.74, 6) is -0.0241. The number of halogens is 1. The Labute approximate surface area is 172 Å². The van der Waals surface area contributed by atoms with E-state index in [0.717, 1.165) is 45.0 Å². The van der Waals surface area contributed by atoms with Crippen LogP contribution in [-0.4, -0.2) is 98.0 Å². The molecule has 1 aromatic carbocycles. The van der Waals surface area contributed by atoms with Crippen LogP contribution in [0.4, 0.5) is 10.1 Å². The third-order valence-electron chi connectivity index (χ3n) is 5.46. The zero-order valence-corrected chi connectivity index (χ0v) is 17.4. The highest BCUT2D eigenvalue weighted by Crippen LogP contribution is 2.17. The van der Waals surface area contributed by atoms with Gasteiger partial charge in [-0.25, -0.2) is 4.39 Å². The van der Waals surface area contributed by atoms with E-state index in [1.165, 1.54) is 12.1 Å². The summed E-state index contributed by atoms with van der Waals surface area (Å²) >= 11 is 0. The highest BCUT2D eigenvalue weighted by atomic mass is 19.1. The number of anilines is 1. The summed E-state index contributed by atoms with van der Waals surface area (Å²) in [4.78, 5) is 33.0. The summed E-state index contributed by atoms with van der Waals surface area (Å²) < 4.78 is 13.1. The van der Waals surface area contributed by atoms with Gasteiger partial charge < -0.3 is 15.1 Å². The average Bonchev–Trinajstić information content (AvgIpc) is 2.69. The first kappa shape index (κ1) is 21.5. The molecule has 8 heteroatoms. The predicted octanol–water partition coefficient (Wildman–Crippen LogP) is 0.617. The summed E-state index contributed by atoms with van der Waals surface area (Å²) in [6.07, 6.45) is 0. The van der Waals surface area contributed by atoms with Gasteiger partial charge in [0.05, 0.1) is 13.1 Å². The van der Waals surface area contributed by atoms with Crippen molar-refractivity contribution in [2.24, 2.45) is 0 Å². The fraction of sp³-hybridized carbons (Fsp3) is 0.619. The summed E-state index contributed by atoms with van der Waals surface area (Å²) in [6, 6.07) is 6.72. The molecule has 0 saturated carbocycles. The molecule has 7 nitrogen and oxygen atoms in total. The van der Waals surface area contributed by atoms with Gasteiger partial charge in [-0.15, -0.1) is 0 Å². The minimum atomic E-state index is -0.223. The van der Waals surface area contributed by atoms with E-state index in [4.69, 9.17) is 0 Å². The van der Waals surface area contributed by atoms with Crippen LogP contribution >= 0.6 is 0 Å². The second kappa shape index (κ2) is 10.0. The molecular formula is C21H32FN5O2. The lowest BCUT2D eigenvalue weighted by atomic mass is 10.2. The van der Waals surface area contributed by atoms with Crippen molar-refractivity contribution in [2.45, 2.75) is 19.9 Å². The van der Waals surface area contributed by atoms with Gasteiger partial charge in [-0.2, -0.15) is 0 Å². The maximum atomic E-state index is 13.1. The molecule has 0 spiro atoms. The number of hydrogen-bond acceptors (Lipinski definition) is 5. The Hall–Kier alpha value is -2.19. The summed E-state index contributed by atoms with van der Waals surface area (Å²) in [5, 5.41) is 2.91.